The van der Waals surface area contributed by atoms with Crippen molar-refractivity contribution in [1.29, 1.82) is 0 Å². The first-order valence-electron chi connectivity index (χ1n) is 10.4. The number of hydrogen-bond donors (Lipinski definition) is 1. The van der Waals surface area contributed by atoms with Crippen molar-refractivity contribution in [2.24, 2.45) is 0 Å². The summed E-state index contributed by atoms with van der Waals surface area (Å²) in [6.45, 7) is 5.84. The summed E-state index contributed by atoms with van der Waals surface area (Å²) < 4.78 is 26.7. The molecule has 0 saturated carbocycles. The SMILES string of the molecule is CCCNC(=O)[C@@H](C)N(Cc1ccc(C)cc1)C(=O)CN(C)S(=O)(=O)c1ccc(Cl)cc1. The van der Waals surface area contributed by atoms with Gasteiger partial charge in [-0.2, -0.15) is 4.31 Å². The second kappa shape index (κ2) is 11.4. The van der Waals surface area contributed by atoms with Crippen LogP contribution in [0.1, 0.15) is 31.4 Å². The van der Waals surface area contributed by atoms with E-state index in [1.165, 1.54) is 36.2 Å². The molecule has 174 valence electrons. The van der Waals surface area contributed by atoms with Crippen LogP contribution in [-0.4, -0.2) is 55.6 Å². The minimum Gasteiger partial charge on any atom is -0.354 e. The van der Waals surface area contributed by atoms with Gasteiger partial charge in [0, 0.05) is 25.2 Å². The lowest BCUT2D eigenvalue weighted by Gasteiger charge is -2.30. The number of hydrogen-bond acceptors (Lipinski definition) is 4. The molecule has 7 nitrogen and oxygen atoms in total. The van der Waals surface area contributed by atoms with Crippen LogP contribution in [0.3, 0.4) is 0 Å². The van der Waals surface area contributed by atoms with E-state index < -0.39 is 28.5 Å². The number of rotatable bonds is 10. The van der Waals surface area contributed by atoms with Gasteiger partial charge in [0.25, 0.3) is 0 Å². The van der Waals surface area contributed by atoms with Crippen LogP contribution in [0.5, 0.6) is 0 Å². The van der Waals surface area contributed by atoms with Crippen LogP contribution in [0, 0.1) is 6.92 Å². The number of nitrogens with one attached hydrogen (secondary N) is 1. The number of amides is 2. The first kappa shape index (κ1) is 25.8. The van der Waals surface area contributed by atoms with Gasteiger partial charge >= 0.3 is 0 Å². The molecule has 2 amide bonds. The van der Waals surface area contributed by atoms with Crippen molar-refractivity contribution >= 4 is 33.4 Å². The van der Waals surface area contributed by atoms with E-state index in [-0.39, 0.29) is 17.3 Å². The highest BCUT2D eigenvalue weighted by atomic mass is 35.5. The van der Waals surface area contributed by atoms with Gasteiger partial charge in [0.1, 0.15) is 6.04 Å². The van der Waals surface area contributed by atoms with Crippen LogP contribution in [0.15, 0.2) is 53.4 Å². The first-order chi connectivity index (χ1) is 15.1. The van der Waals surface area contributed by atoms with Crippen molar-refractivity contribution in [1.82, 2.24) is 14.5 Å². The Morgan fingerprint density at radius 1 is 1.06 bits per heavy atom. The lowest BCUT2D eigenvalue weighted by molar-refractivity contribution is -0.140. The molecule has 0 aliphatic carbocycles. The largest absolute Gasteiger partial charge is 0.354 e. The molecule has 0 aliphatic rings. The van der Waals surface area contributed by atoms with Crippen LogP contribution in [0.25, 0.3) is 0 Å². The molecule has 0 radical (unpaired) electrons. The average Bonchev–Trinajstić information content (AvgIpc) is 2.76. The van der Waals surface area contributed by atoms with E-state index in [1.54, 1.807) is 6.92 Å². The van der Waals surface area contributed by atoms with Crippen molar-refractivity contribution in [3.8, 4) is 0 Å². The van der Waals surface area contributed by atoms with E-state index in [4.69, 9.17) is 11.6 Å². The van der Waals surface area contributed by atoms with Crippen molar-refractivity contribution in [2.75, 3.05) is 20.1 Å². The van der Waals surface area contributed by atoms with Gasteiger partial charge in [-0.05, 0) is 50.1 Å². The molecule has 0 aromatic heterocycles. The molecule has 2 aromatic rings. The third-order valence-electron chi connectivity index (χ3n) is 5.07. The quantitative estimate of drug-likeness (QED) is 0.566. The predicted molar refractivity (Wildman–Crippen MR) is 126 cm³/mol. The molecule has 1 atom stereocenters. The molecule has 0 unspecified atom stereocenters. The maximum Gasteiger partial charge on any atom is 0.243 e. The van der Waals surface area contributed by atoms with E-state index >= 15 is 0 Å². The fourth-order valence-corrected chi connectivity index (χ4v) is 4.27. The van der Waals surface area contributed by atoms with Gasteiger partial charge in [-0.25, -0.2) is 8.42 Å². The molecular weight excluding hydrogens is 450 g/mol. The lowest BCUT2D eigenvalue weighted by Crippen LogP contribution is -2.50. The van der Waals surface area contributed by atoms with Crippen molar-refractivity contribution in [3.05, 3.63) is 64.7 Å². The zero-order valence-electron chi connectivity index (χ0n) is 18.8. The van der Waals surface area contributed by atoms with Crippen molar-refractivity contribution < 1.29 is 18.0 Å². The topological polar surface area (TPSA) is 86.8 Å². The molecule has 2 aromatic carbocycles. The Bertz CT molecular complexity index is 1020. The molecule has 0 spiro atoms. The van der Waals surface area contributed by atoms with Crippen LogP contribution >= 0.6 is 11.6 Å². The van der Waals surface area contributed by atoms with Gasteiger partial charge in [-0.1, -0.05) is 48.4 Å². The number of halogens is 1. The van der Waals surface area contributed by atoms with Gasteiger partial charge in [-0.3, -0.25) is 9.59 Å². The lowest BCUT2D eigenvalue weighted by atomic mass is 10.1. The summed E-state index contributed by atoms with van der Waals surface area (Å²) in [7, 11) is -2.56. The monoisotopic (exact) mass is 479 g/mol. The summed E-state index contributed by atoms with van der Waals surface area (Å²) in [6.07, 6.45) is 0.770. The van der Waals surface area contributed by atoms with E-state index in [9.17, 15) is 18.0 Å². The fraction of sp³-hybridized carbons (Fsp3) is 0.391. The Balaban J connectivity index is 2.24. The third kappa shape index (κ3) is 6.79. The smallest absolute Gasteiger partial charge is 0.243 e. The minimum absolute atomic E-state index is 0.0380. The van der Waals surface area contributed by atoms with E-state index in [0.29, 0.717) is 11.6 Å². The molecule has 0 bridgehead atoms. The number of nitrogens with zero attached hydrogens (tertiary/aromatic N) is 2. The van der Waals surface area contributed by atoms with Gasteiger partial charge in [-0.15, -0.1) is 0 Å². The standard InChI is InChI=1S/C23H30ClN3O4S/c1-5-14-25-23(29)18(3)27(15-19-8-6-17(2)7-9-19)22(28)16-26(4)32(30,31)21-12-10-20(24)11-13-21/h6-13,18H,5,14-16H2,1-4H3,(H,25,29)/t18-/m1/s1. The maximum absolute atomic E-state index is 13.2. The molecule has 2 rings (SSSR count). The van der Waals surface area contributed by atoms with Crippen LogP contribution in [-0.2, 0) is 26.2 Å². The normalized spacial score (nSPS) is 12.4. The summed E-state index contributed by atoms with van der Waals surface area (Å²) in [4.78, 5) is 27.2. The first-order valence-corrected chi connectivity index (χ1v) is 12.2. The van der Waals surface area contributed by atoms with Crippen LogP contribution in [0.4, 0.5) is 0 Å². The molecular formula is C23H30ClN3O4S. The zero-order chi connectivity index (χ0) is 23.9. The predicted octanol–water partition coefficient (Wildman–Crippen LogP) is 3.21. The van der Waals surface area contributed by atoms with Crippen LogP contribution < -0.4 is 5.32 Å². The number of carbonyl (C=O) groups excluding carboxylic acids is 2. The second-order valence-corrected chi connectivity index (χ2v) is 10.2. The Hall–Kier alpha value is -2.42. The Kier molecular flexibility index (Phi) is 9.24. The van der Waals surface area contributed by atoms with E-state index in [0.717, 1.165) is 21.9 Å². The number of likely N-dealkylation sites (N-methyl/N-ethyl adjacent to an activating group) is 1. The fourth-order valence-electron chi connectivity index (χ4n) is 3.02. The molecule has 9 heteroatoms. The molecule has 0 aliphatic heterocycles. The average molecular weight is 480 g/mol. The molecule has 1 N–H and O–H groups in total. The zero-order valence-corrected chi connectivity index (χ0v) is 20.4. The summed E-state index contributed by atoms with van der Waals surface area (Å²) >= 11 is 5.85. The summed E-state index contributed by atoms with van der Waals surface area (Å²) in [5, 5.41) is 3.22. The number of aryl methyl sites for hydroxylation is 1. The number of sulfonamides is 1. The van der Waals surface area contributed by atoms with Gasteiger partial charge < -0.3 is 10.2 Å². The minimum atomic E-state index is -3.90. The summed E-state index contributed by atoms with van der Waals surface area (Å²) in [5.74, 6) is -0.750. The molecule has 0 saturated heterocycles. The number of benzene rings is 2. The maximum atomic E-state index is 13.2. The Labute approximate surface area is 195 Å². The van der Waals surface area contributed by atoms with Gasteiger partial charge in [0.2, 0.25) is 21.8 Å². The molecule has 0 fully saturated rings. The highest BCUT2D eigenvalue weighted by Crippen LogP contribution is 2.18. The van der Waals surface area contributed by atoms with Crippen molar-refractivity contribution in [3.63, 3.8) is 0 Å². The summed E-state index contributed by atoms with van der Waals surface area (Å²) in [5.41, 5.74) is 1.93. The third-order valence-corrected chi connectivity index (χ3v) is 7.14. The number of carbonyl (C=O) groups is 2. The summed E-state index contributed by atoms with van der Waals surface area (Å²) in [6, 6.07) is 12.6. The molecule has 32 heavy (non-hydrogen) atoms. The van der Waals surface area contributed by atoms with Crippen molar-refractivity contribution in [2.45, 2.75) is 44.7 Å². The highest BCUT2D eigenvalue weighted by molar-refractivity contribution is 7.89. The van der Waals surface area contributed by atoms with E-state index in [2.05, 4.69) is 5.32 Å². The van der Waals surface area contributed by atoms with Gasteiger partial charge in [0.15, 0.2) is 0 Å². The van der Waals surface area contributed by atoms with E-state index in [1.807, 2.05) is 38.1 Å². The second-order valence-electron chi connectivity index (χ2n) is 7.69. The molecule has 0 heterocycles. The van der Waals surface area contributed by atoms with Gasteiger partial charge in [0.05, 0.1) is 11.4 Å². The Morgan fingerprint density at radius 2 is 1.66 bits per heavy atom. The highest BCUT2D eigenvalue weighted by Gasteiger charge is 2.30. The Morgan fingerprint density at radius 3 is 2.22 bits per heavy atom. The van der Waals surface area contributed by atoms with Crippen LogP contribution in [0.2, 0.25) is 5.02 Å².